The van der Waals surface area contributed by atoms with Gasteiger partial charge in [-0.1, -0.05) is 11.6 Å². The van der Waals surface area contributed by atoms with E-state index in [1.165, 1.54) is 29.5 Å². The van der Waals surface area contributed by atoms with E-state index in [-0.39, 0.29) is 12.5 Å². The third-order valence-corrected chi connectivity index (χ3v) is 4.41. The van der Waals surface area contributed by atoms with Gasteiger partial charge in [-0.2, -0.15) is 0 Å². The van der Waals surface area contributed by atoms with Gasteiger partial charge < -0.3 is 10.1 Å². The van der Waals surface area contributed by atoms with Crippen LogP contribution < -0.4 is 10.1 Å². The van der Waals surface area contributed by atoms with Crippen LogP contribution in [0.5, 0.6) is 5.75 Å². The standard InChI is InChI=1S/C17H12ClFN2O2S/c18-14-4-3-12(19)8-11(14)10-23-15-5-7-24-16(15)17(22)21-13-2-1-6-20-9-13/h1-9H,10H2,(H,21,22). The number of ether oxygens (including phenoxy) is 1. The monoisotopic (exact) mass is 362 g/mol. The summed E-state index contributed by atoms with van der Waals surface area (Å²) in [6.45, 7) is 0.0699. The van der Waals surface area contributed by atoms with Crippen molar-refractivity contribution in [3.05, 3.63) is 75.5 Å². The zero-order valence-electron chi connectivity index (χ0n) is 12.3. The van der Waals surface area contributed by atoms with E-state index in [1.807, 2.05) is 0 Å². The maximum absolute atomic E-state index is 13.3. The van der Waals surface area contributed by atoms with Crippen LogP contribution in [0.25, 0.3) is 0 Å². The lowest BCUT2D eigenvalue weighted by Gasteiger charge is -2.09. The molecule has 24 heavy (non-hydrogen) atoms. The van der Waals surface area contributed by atoms with E-state index in [9.17, 15) is 9.18 Å². The fraction of sp³-hybridized carbons (Fsp3) is 0.0588. The Balaban J connectivity index is 1.71. The molecular formula is C17H12ClFN2O2S. The molecule has 0 saturated heterocycles. The fourth-order valence-corrected chi connectivity index (χ4v) is 2.91. The van der Waals surface area contributed by atoms with Crippen LogP contribution in [0.4, 0.5) is 10.1 Å². The van der Waals surface area contributed by atoms with E-state index >= 15 is 0 Å². The van der Waals surface area contributed by atoms with Crippen molar-refractivity contribution in [2.45, 2.75) is 6.61 Å². The molecule has 0 unspecified atom stereocenters. The Morgan fingerprint density at radius 3 is 3.00 bits per heavy atom. The maximum Gasteiger partial charge on any atom is 0.269 e. The van der Waals surface area contributed by atoms with Crippen LogP contribution >= 0.6 is 22.9 Å². The normalized spacial score (nSPS) is 10.4. The number of pyridine rings is 1. The van der Waals surface area contributed by atoms with Crippen molar-refractivity contribution >= 4 is 34.5 Å². The lowest BCUT2D eigenvalue weighted by molar-refractivity contribution is 0.102. The zero-order chi connectivity index (χ0) is 16.9. The molecule has 1 amide bonds. The van der Waals surface area contributed by atoms with Crippen molar-refractivity contribution in [1.29, 1.82) is 0 Å². The van der Waals surface area contributed by atoms with Gasteiger partial charge in [0.2, 0.25) is 0 Å². The Kier molecular flexibility index (Phi) is 5.08. The highest BCUT2D eigenvalue weighted by molar-refractivity contribution is 7.12. The van der Waals surface area contributed by atoms with Crippen LogP contribution in [0.2, 0.25) is 5.02 Å². The van der Waals surface area contributed by atoms with Crippen molar-refractivity contribution in [3.8, 4) is 5.75 Å². The Labute approximate surface area is 146 Å². The first kappa shape index (κ1) is 16.4. The molecule has 0 aliphatic carbocycles. The molecule has 3 aromatic rings. The smallest absolute Gasteiger partial charge is 0.269 e. The summed E-state index contributed by atoms with van der Waals surface area (Å²) in [7, 11) is 0. The molecule has 0 fully saturated rings. The molecule has 0 radical (unpaired) electrons. The van der Waals surface area contributed by atoms with Crippen molar-refractivity contribution in [2.24, 2.45) is 0 Å². The number of benzene rings is 1. The number of anilines is 1. The average Bonchev–Trinajstić information content (AvgIpc) is 3.05. The third kappa shape index (κ3) is 3.90. The van der Waals surface area contributed by atoms with Crippen molar-refractivity contribution in [2.75, 3.05) is 5.32 Å². The van der Waals surface area contributed by atoms with Crippen LogP contribution in [0.15, 0.2) is 54.2 Å². The summed E-state index contributed by atoms with van der Waals surface area (Å²) < 4.78 is 18.9. The first-order valence-electron chi connectivity index (χ1n) is 6.99. The molecule has 1 N–H and O–H groups in total. The number of hydrogen-bond donors (Lipinski definition) is 1. The minimum Gasteiger partial charge on any atom is -0.487 e. The molecule has 4 nitrogen and oxygen atoms in total. The van der Waals surface area contributed by atoms with Gasteiger partial charge in [0.1, 0.15) is 23.1 Å². The molecule has 2 heterocycles. The predicted octanol–water partition coefficient (Wildman–Crippen LogP) is 4.77. The number of amides is 1. The SMILES string of the molecule is O=C(Nc1cccnc1)c1sccc1OCc1cc(F)ccc1Cl. The lowest BCUT2D eigenvalue weighted by Crippen LogP contribution is -2.11. The number of aromatic nitrogens is 1. The molecule has 0 atom stereocenters. The second kappa shape index (κ2) is 7.42. The van der Waals surface area contributed by atoms with E-state index in [4.69, 9.17) is 16.3 Å². The summed E-state index contributed by atoms with van der Waals surface area (Å²) in [5.41, 5.74) is 1.11. The number of carbonyl (C=O) groups excluding carboxylic acids is 1. The van der Waals surface area contributed by atoms with Crippen molar-refractivity contribution in [1.82, 2.24) is 4.98 Å². The number of thiophene rings is 1. The zero-order valence-corrected chi connectivity index (χ0v) is 13.9. The quantitative estimate of drug-likeness (QED) is 0.711. The minimum atomic E-state index is -0.391. The fourth-order valence-electron chi connectivity index (χ4n) is 2.01. The summed E-state index contributed by atoms with van der Waals surface area (Å²) in [5, 5.41) is 4.91. The number of nitrogens with one attached hydrogen (secondary N) is 1. The summed E-state index contributed by atoms with van der Waals surface area (Å²) in [6, 6.07) is 9.22. The molecule has 7 heteroatoms. The van der Waals surface area contributed by atoms with Gasteiger partial charge >= 0.3 is 0 Å². The second-order valence-electron chi connectivity index (χ2n) is 4.83. The Morgan fingerprint density at radius 1 is 1.33 bits per heavy atom. The number of halogens is 2. The summed E-state index contributed by atoms with van der Waals surface area (Å²) in [6.07, 6.45) is 3.18. The van der Waals surface area contributed by atoms with Gasteiger partial charge in [-0.15, -0.1) is 11.3 Å². The lowest BCUT2D eigenvalue weighted by atomic mass is 10.2. The van der Waals surface area contributed by atoms with Crippen LogP contribution in [0.3, 0.4) is 0 Å². The number of rotatable bonds is 5. The minimum absolute atomic E-state index is 0.0699. The largest absolute Gasteiger partial charge is 0.487 e. The van der Waals surface area contributed by atoms with E-state index < -0.39 is 5.82 Å². The van der Waals surface area contributed by atoms with Gasteiger partial charge in [0.15, 0.2) is 0 Å². The van der Waals surface area contributed by atoms with Gasteiger partial charge in [-0.25, -0.2) is 4.39 Å². The Hall–Kier alpha value is -2.44. The highest BCUT2D eigenvalue weighted by Gasteiger charge is 2.15. The third-order valence-electron chi connectivity index (χ3n) is 3.15. The topological polar surface area (TPSA) is 51.2 Å². The maximum atomic E-state index is 13.3. The van der Waals surface area contributed by atoms with E-state index in [1.54, 1.807) is 36.0 Å². The molecule has 3 rings (SSSR count). The number of nitrogens with zero attached hydrogens (tertiary/aromatic N) is 1. The molecule has 0 spiro atoms. The van der Waals surface area contributed by atoms with Gasteiger partial charge in [0.05, 0.1) is 11.9 Å². The van der Waals surface area contributed by atoms with Gasteiger partial charge in [-0.3, -0.25) is 9.78 Å². The van der Waals surface area contributed by atoms with E-state index in [0.717, 1.165) is 0 Å². The number of carbonyl (C=O) groups is 1. The summed E-state index contributed by atoms with van der Waals surface area (Å²) in [4.78, 5) is 16.7. The molecule has 0 aliphatic rings. The van der Waals surface area contributed by atoms with Gasteiger partial charge in [0.25, 0.3) is 5.91 Å². The van der Waals surface area contributed by atoms with E-state index in [2.05, 4.69) is 10.3 Å². The summed E-state index contributed by atoms with van der Waals surface area (Å²) in [5.74, 6) is -0.266. The molecule has 1 aromatic carbocycles. The molecule has 0 aliphatic heterocycles. The molecule has 2 aromatic heterocycles. The first-order chi connectivity index (χ1) is 11.6. The second-order valence-corrected chi connectivity index (χ2v) is 6.16. The highest BCUT2D eigenvalue weighted by Crippen LogP contribution is 2.28. The molecule has 122 valence electrons. The summed E-state index contributed by atoms with van der Waals surface area (Å²) >= 11 is 7.27. The van der Waals surface area contributed by atoms with Gasteiger partial charge in [0, 0.05) is 16.8 Å². The molecule has 0 bridgehead atoms. The Morgan fingerprint density at radius 2 is 2.21 bits per heavy atom. The van der Waals surface area contributed by atoms with Crippen LogP contribution in [0.1, 0.15) is 15.2 Å². The molecular weight excluding hydrogens is 351 g/mol. The van der Waals surface area contributed by atoms with E-state index in [0.29, 0.717) is 26.9 Å². The first-order valence-corrected chi connectivity index (χ1v) is 8.25. The van der Waals surface area contributed by atoms with Crippen molar-refractivity contribution in [3.63, 3.8) is 0 Å². The predicted molar refractivity (Wildman–Crippen MR) is 92.3 cm³/mol. The van der Waals surface area contributed by atoms with Crippen LogP contribution in [0, 0.1) is 5.82 Å². The van der Waals surface area contributed by atoms with Crippen molar-refractivity contribution < 1.29 is 13.9 Å². The highest BCUT2D eigenvalue weighted by atomic mass is 35.5. The molecule has 0 saturated carbocycles. The van der Waals surface area contributed by atoms with Crippen LogP contribution in [-0.2, 0) is 6.61 Å². The number of hydrogen-bond acceptors (Lipinski definition) is 4. The Bertz CT molecular complexity index is 855. The van der Waals surface area contributed by atoms with Crippen LogP contribution in [-0.4, -0.2) is 10.9 Å². The van der Waals surface area contributed by atoms with Gasteiger partial charge in [-0.05, 0) is 41.8 Å². The average molecular weight is 363 g/mol.